The fraction of sp³-hybridized carbons (Fsp3) is 0.364. The standard InChI is InChI=1S/C11H10Cl2FNO/c1-10(6-11(10,12)13)9(16)15-8-4-2-3-7(14)5-8/h2-5H,6H2,1H3,(H,15,16). The number of halogens is 3. The molecule has 1 aromatic carbocycles. The lowest BCUT2D eigenvalue weighted by Crippen LogP contribution is -2.25. The van der Waals surface area contributed by atoms with Gasteiger partial charge in [-0.3, -0.25) is 4.79 Å². The van der Waals surface area contributed by atoms with E-state index in [1.54, 1.807) is 13.0 Å². The second-order valence-electron chi connectivity index (χ2n) is 4.18. The van der Waals surface area contributed by atoms with E-state index in [0.29, 0.717) is 12.1 Å². The summed E-state index contributed by atoms with van der Waals surface area (Å²) in [5.74, 6) is -0.690. The normalized spacial score (nSPS) is 26.2. The minimum Gasteiger partial charge on any atom is -0.325 e. The van der Waals surface area contributed by atoms with Crippen LogP contribution in [0, 0.1) is 11.2 Å². The summed E-state index contributed by atoms with van der Waals surface area (Å²) in [6, 6.07) is 5.68. The van der Waals surface area contributed by atoms with Gasteiger partial charge in [0.2, 0.25) is 5.91 Å². The lowest BCUT2D eigenvalue weighted by Gasteiger charge is -2.12. The number of hydrogen-bond donors (Lipinski definition) is 1. The Balaban J connectivity index is 2.10. The van der Waals surface area contributed by atoms with Crippen molar-refractivity contribution in [1.82, 2.24) is 0 Å². The Morgan fingerprint density at radius 2 is 2.12 bits per heavy atom. The molecule has 0 saturated heterocycles. The van der Waals surface area contributed by atoms with Gasteiger partial charge in [-0.05, 0) is 31.5 Å². The molecule has 1 aliphatic rings. The largest absolute Gasteiger partial charge is 0.325 e. The van der Waals surface area contributed by atoms with Crippen molar-refractivity contribution in [2.45, 2.75) is 17.7 Å². The summed E-state index contributed by atoms with van der Waals surface area (Å²) in [6.07, 6.45) is 0.407. The predicted molar refractivity (Wildman–Crippen MR) is 62.2 cm³/mol. The van der Waals surface area contributed by atoms with Crippen molar-refractivity contribution in [3.63, 3.8) is 0 Å². The van der Waals surface area contributed by atoms with Crippen LogP contribution in [0.2, 0.25) is 0 Å². The summed E-state index contributed by atoms with van der Waals surface area (Å²) in [7, 11) is 0. The summed E-state index contributed by atoms with van der Waals surface area (Å²) >= 11 is 11.7. The molecule has 0 spiro atoms. The SMILES string of the molecule is CC1(C(=O)Nc2cccc(F)c2)CC1(Cl)Cl. The van der Waals surface area contributed by atoms with E-state index in [4.69, 9.17) is 23.2 Å². The van der Waals surface area contributed by atoms with E-state index in [0.717, 1.165) is 0 Å². The van der Waals surface area contributed by atoms with E-state index >= 15 is 0 Å². The average Bonchev–Trinajstić information content (AvgIpc) is 2.67. The molecule has 0 radical (unpaired) electrons. The summed E-state index contributed by atoms with van der Waals surface area (Å²) in [5, 5.41) is 2.59. The van der Waals surface area contributed by atoms with Crippen molar-refractivity contribution in [3.05, 3.63) is 30.1 Å². The van der Waals surface area contributed by atoms with Gasteiger partial charge in [-0.15, -0.1) is 23.2 Å². The van der Waals surface area contributed by atoms with E-state index in [1.807, 2.05) is 0 Å². The predicted octanol–water partition coefficient (Wildman–Crippen LogP) is 3.35. The maximum atomic E-state index is 12.9. The van der Waals surface area contributed by atoms with Crippen LogP contribution in [-0.4, -0.2) is 10.2 Å². The molecule has 1 fully saturated rings. The maximum Gasteiger partial charge on any atom is 0.233 e. The van der Waals surface area contributed by atoms with Gasteiger partial charge in [0.25, 0.3) is 0 Å². The first-order valence-corrected chi connectivity index (χ1v) is 5.56. The monoisotopic (exact) mass is 261 g/mol. The smallest absolute Gasteiger partial charge is 0.233 e. The fourth-order valence-electron chi connectivity index (χ4n) is 1.48. The van der Waals surface area contributed by atoms with E-state index < -0.39 is 15.6 Å². The average molecular weight is 262 g/mol. The zero-order valence-electron chi connectivity index (χ0n) is 8.56. The Bertz CT molecular complexity index is 449. The molecule has 1 aliphatic carbocycles. The van der Waals surface area contributed by atoms with Crippen molar-refractivity contribution in [2.75, 3.05) is 5.32 Å². The quantitative estimate of drug-likeness (QED) is 0.813. The molecule has 5 heteroatoms. The van der Waals surface area contributed by atoms with E-state index in [2.05, 4.69) is 5.32 Å². The first-order valence-electron chi connectivity index (χ1n) is 4.80. The van der Waals surface area contributed by atoms with Crippen molar-refractivity contribution in [3.8, 4) is 0 Å². The highest BCUT2D eigenvalue weighted by molar-refractivity contribution is 6.53. The summed E-state index contributed by atoms with van der Waals surface area (Å²) < 4.78 is 11.9. The van der Waals surface area contributed by atoms with Crippen molar-refractivity contribution < 1.29 is 9.18 Å². The molecule has 1 unspecified atom stereocenters. The molecule has 1 N–H and O–H groups in total. The molecule has 1 amide bonds. The zero-order valence-corrected chi connectivity index (χ0v) is 10.1. The van der Waals surface area contributed by atoms with Crippen LogP contribution in [0.1, 0.15) is 13.3 Å². The minimum absolute atomic E-state index is 0.289. The number of alkyl halides is 2. The number of nitrogens with one attached hydrogen (secondary N) is 1. The van der Waals surface area contributed by atoms with Crippen LogP contribution in [0.5, 0.6) is 0 Å². The van der Waals surface area contributed by atoms with Crippen molar-refractivity contribution >= 4 is 34.8 Å². The van der Waals surface area contributed by atoms with Crippen LogP contribution in [0.4, 0.5) is 10.1 Å². The molecule has 0 aromatic heterocycles. The minimum atomic E-state index is -1.01. The summed E-state index contributed by atoms with van der Waals surface area (Å²) in [4.78, 5) is 11.8. The molecule has 86 valence electrons. The van der Waals surface area contributed by atoms with E-state index in [1.165, 1.54) is 18.2 Å². The van der Waals surface area contributed by atoms with Gasteiger partial charge in [0, 0.05) is 5.69 Å². The maximum absolute atomic E-state index is 12.9. The molecule has 16 heavy (non-hydrogen) atoms. The molecule has 0 heterocycles. The number of hydrogen-bond acceptors (Lipinski definition) is 1. The Morgan fingerprint density at radius 1 is 1.50 bits per heavy atom. The summed E-state index contributed by atoms with van der Waals surface area (Å²) in [5.41, 5.74) is -0.384. The Labute approximate surface area is 103 Å². The molecular weight excluding hydrogens is 252 g/mol. The second kappa shape index (κ2) is 3.60. The molecule has 1 aromatic rings. The zero-order chi connectivity index (χ0) is 12.0. The van der Waals surface area contributed by atoms with Crippen LogP contribution < -0.4 is 5.32 Å². The highest BCUT2D eigenvalue weighted by atomic mass is 35.5. The number of carbonyl (C=O) groups is 1. The first-order chi connectivity index (χ1) is 7.35. The fourth-order valence-corrected chi connectivity index (χ4v) is 2.19. The molecule has 1 atom stereocenters. The molecule has 0 bridgehead atoms. The Morgan fingerprint density at radius 3 is 2.62 bits per heavy atom. The Kier molecular flexibility index (Phi) is 2.63. The number of anilines is 1. The van der Waals surface area contributed by atoms with Gasteiger partial charge in [0.05, 0.1) is 5.41 Å². The third-order valence-electron chi connectivity index (χ3n) is 2.84. The van der Waals surface area contributed by atoms with Crippen LogP contribution >= 0.6 is 23.2 Å². The lowest BCUT2D eigenvalue weighted by atomic mass is 10.1. The topological polar surface area (TPSA) is 29.1 Å². The third kappa shape index (κ3) is 1.89. The molecular formula is C11H10Cl2FNO. The molecule has 0 aliphatic heterocycles. The van der Waals surface area contributed by atoms with Gasteiger partial charge in [0.15, 0.2) is 0 Å². The molecule has 1 saturated carbocycles. The van der Waals surface area contributed by atoms with Crippen LogP contribution in [0.15, 0.2) is 24.3 Å². The number of benzene rings is 1. The van der Waals surface area contributed by atoms with Gasteiger partial charge in [-0.2, -0.15) is 0 Å². The Hall–Kier alpha value is -0.800. The number of carbonyl (C=O) groups excluding carboxylic acids is 1. The van der Waals surface area contributed by atoms with Crippen LogP contribution in [0.25, 0.3) is 0 Å². The number of rotatable bonds is 2. The number of amides is 1. The van der Waals surface area contributed by atoms with Crippen LogP contribution in [-0.2, 0) is 4.79 Å². The van der Waals surface area contributed by atoms with Crippen molar-refractivity contribution in [1.29, 1.82) is 0 Å². The highest BCUT2D eigenvalue weighted by Gasteiger charge is 2.67. The van der Waals surface area contributed by atoms with Crippen molar-refractivity contribution in [2.24, 2.45) is 5.41 Å². The van der Waals surface area contributed by atoms with E-state index in [9.17, 15) is 9.18 Å². The lowest BCUT2D eigenvalue weighted by molar-refractivity contribution is -0.120. The molecule has 2 nitrogen and oxygen atoms in total. The second-order valence-corrected chi connectivity index (χ2v) is 5.66. The van der Waals surface area contributed by atoms with Gasteiger partial charge >= 0.3 is 0 Å². The third-order valence-corrected chi connectivity index (χ3v) is 3.94. The van der Waals surface area contributed by atoms with Gasteiger partial charge in [-0.25, -0.2) is 4.39 Å². The summed E-state index contributed by atoms with van der Waals surface area (Å²) in [6.45, 7) is 1.68. The van der Waals surface area contributed by atoms with Gasteiger partial charge in [0.1, 0.15) is 10.2 Å². The first kappa shape index (κ1) is 11.7. The highest BCUT2D eigenvalue weighted by Crippen LogP contribution is 2.64. The molecule has 2 rings (SSSR count). The van der Waals surface area contributed by atoms with E-state index in [-0.39, 0.29) is 5.91 Å². The van der Waals surface area contributed by atoms with Crippen LogP contribution in [0.3, 0.4) is 0 Å². The van der Waals surface area contributed by atoms with Gasteiger partial charge < -0.3 is 5.32 Å². The van der Waals surface area contributed by atoms with Gasteiger partial charge in [-0.1, -0.05) is 6.07 Å².